The van der Waals surface area contributed by atoms with Crippen molar-refractivity contribution in [2.24, 2.45) is 0 Å². The van der Waals surface area contributed by atoms with E-state index in [2.05, 4.69) is 224 Å². The van der Waals surface area contributed by atoms with Crippen molar-refractivity contribution < 1.29 is 0 Å². The van der Waals surface area contributed by atoms with E-state index in [9.17, 15) is 0 Å². The predicted octanol–water partition coefficient (Wildman–Crippen LogP) is 15.0. The molecule has 0 aliphatic heterocycles. The molecule has 3 nitrogen and oxygen atoms in total. The average Bonchev–Trinajstić information content (AvgIpc) is 3.33. The second-order valence-corrected chi connectivity index (χ2v) is 15.2. The normalized spacial score (nSPS) is 11.3. The molecule has 60 heavy (non-hydrogen) atoms. The van der Waals surface area contributed by atoms with Gasteiger partial charge in [-0.2, -0.15) is 0 Å². The van der Waals surface area contributed by atoms with E-state index in [-0.39, 0.29) is 0 Å². The Morgan fingerprint density at radius 2 is 0.567 bits per heavy atom. The quantitative estimate of drug-likeness (QED) is 0.162. The van der Waals surface area contributed by atoms with Gasteiger partial charge in [0.2, 0.25) is 0 Å². The van der Waals surface area contributed by atoms with E-state index in [1.54, 1.807) is 0 Å². The standard InChI is InChI=1S/C57H37N3/c1-3-15-38(16-4-1)48-29-14-23-42-37-46(31-32-51(42)48)57-59-55(44-24-11-21-41(35-44)49-30-13-20-40-19-7-8-26-47(40)49)58-56(60-57)45-25-12-22-43(36-45)52-34-33-50(39-17-5-2-6-18-39)53-27-9-10-28-54(52)53/h1-37H. The third kappa shape index (κ3) is 6.49. The van der Waals surface area contributed by atoms with Gasteiger partial charge < -0.3 is 0 Å². The van der Waals surface area contributed by atoms with Gasteiger partial charge >= 0.3 is 0 Å². The third-order valence-electron chi connectivity index (χ3n) is 11.5. The van der Waals surface area contributed by atoms with E-state index in [0.29, 0.717) is 17.5 Å². The maximum atomic E-state index is 5.24. The number of benzene rings is 10. The maximum Gasteiger partial charge on any atom is 0.164 e. The molecule has 11 rings (SSSR count). The van der Waals surface area contributed by atoms with Crippen molar-refractivity contribution in [1.29, 1.82) is 0 Å². The van der Waals surface area contributed by atoms with E-state index < -0.39 is 0 Å². The molecule has 0 unspecified atom stereocenters. The average molecular weight is 764 g/mol. The number of hydrogen-bond acceptors (Lipinski definition) is 3. The summed E-state index contributed by atoms with van der Waals surface area (Å²) in [7, 11) is 0. The topological polar surface area (TPSA) is 38.7 Å². The first kappa shape index (κ1) is 35.2. The lowest BCUT2D eigenvalue weighted by Crippen LogP contribution is -2.00. The zero-order valence-electron chi connectivity index (χ0n) is 32.7. The highest BCUT2D eigenvalue weighted by molar-refractivity contribution is 6.05. The van der Waals surface area contributed by atoms with Crippen molar-refractivity contribution in [3.8, 4) is 78.7 Å². The molecule has 3 heteroatoms. The molecule has 0 saturated carbocycles. The summed E-state index contributed by atoms with van der Waals surface area (Å²) in [6.45, 7) is 0. The third-order valence-corrected chi connectivity index (χ3v) is 11.5. The summed E-state index contributed by atoms with van der Waals surface area (Å²) in [6, 6.07) is 79.5. The van der Waals surface area contributed by atoms with E-state index in [1.165, 1.54) is 54.7 Å². The SMILES string of the molecule is c1ccc(-c2cccc3cc(-c4nc(-c5cccc(-c6cccc7ccccc67)c5)nc(-c5cccc(-c6ccc(-c7ccccc7)c7ccccc67)c5)n4)ccc23)cc1. The Morgan fingerprint density at radius 1 is 0.200 bits per heavy atom. The van der Waals surface area contributed by atoms with Crippen LogP contribution in [0.1, 0.15) is 0 Å². The summed E-state index contributed by atoms with van der Waals surface area (Å²) in [5.41, 5.74) is 12.1. The first-order chi connectivity index (χ1) is 29.7. The van der Waals surface area contributed by atoms with Gasteiger partial charge in [-0.05, 0) is 95.0 Å². The molecule has 0 aliphatic carbocycles. The van der Waals surface area contributed by atoms with Crippen LogP contribution < -0.4 is 0 Å². The van der Waals surface area contributed by atoms with Crippen LogP contribution in [0.5, 0.6) is 0 Å². The number of nitrogens with zero attached hydrogens (tertiary/aromatic N) is 3. The number of fused-ring (bicyclic) bond motifs is 3. The first-order valence-corrected chi connectivity index (χ1v) is 20.3. The van der Waals surface area contributed by atoms with Crippen LogP contribution in [0.4, 0.5) is 0 Å². The van der Waals surface area contributed by atoms with Gasteiger partial charge in [0.1, 0.15) is 0 Å². The van der Waals surface area contributed by atoms with Gasteiger partial charge in [0, 0.05) is 16.7 Å². The van der Waals surface area contributed by atoms with Crippen LogP contribution in [0.3, 0.4) is 0 Å². The zero-order chi connectivity index (χ0) is 39.8. The van der Waals surface area contributed by atoms with Crippen LogP contribution in [0.2, 0.25) is 0 Å². The van der Waals surface area contributed by atoms with Crippen molar-refractivity contribution in [3.63, 3.8) is 0 Å². The summed E-state index contributed by atoms with van der Waals surface area (Å²) in [6.07, 6.45) is 0. The van der Waals surface area contributed by atoms with E-state index >= 15 is 0 Å². The highest BCUT2D eigenvalue weighted by Crippen LogP contribution is 2.38. The summed E-state index contributed by atoms with van der Waals surface area (Å²) >= 11 is 0. The van der Waals surface area contributed by atoms with Crippen molar-refractivity contribution in [2.75, 3.05) is 0 Å². The number of rotatable bonds is 7. The van der Waals surface area contributed by atoms with Crippen LogP contribution in [-0.4, -0.2) is 15.0 Å². The zero-order valence-corrected chi connectivity index (χ0v) is 32.7. The van der Waals surface area contributed by atoms with Gasteiger partial charge in [-0.25, -0.2) is 15.0 Å². The molecule has 1 heterocycles. The van der Waals surface area contributed by atoms with Crippen LogP contribution in [-0.2, 0) is 0 Å². The summed E-state index contributed by atoms with van der Waals surface area (Å²) in [5.74, 6) is 1.87. The minimum Gasteiger partial charge on any atom is -0.208 e. The molecular formula is C57H37N3. The second kappa shape index (κ2) is 15.1. The molecule has 11 aromatic rings. The lowest BCUT2D eigenvalue weighted by Gasteiger charge is -2.14. The molecule has 0 radical (unpaired) electrons. The van der Waals surface area contributed by atoms with Gasteiger partial charge in [0.15, 0.2) is 17.5 Å². The smallest absolute Gasteiger partial charge is 0.164 e. The molecule has 0 spiro atoms. The molecule has 1 aromatic heterocycles. The van der Waals surface area contributed by atoms with Crippen molar-refractivity contribution in [1.82, 2.24) is 15.0 Å². The van der Waals surface area contributed by atoms with Crippen molar-refractivity contribution in [3.05, 3.63) is 224 Å². The Labute approximate surface area is 349 Å². The highest BCUT2D eigenvalue weighted by atomic mass is 15.0. The molecule has 0 saturated heterocycles. The summed E-state index contributed by atoms with van der Waals surface area (Å²) in [4.78, 5) is 15.7. The number of hydrogen-bond donors (Lipinski definition) is 0. The van der Waals surface area contributed by atoms with E-state index in [1.807, 2.05) is 0 Å². The summed E-state index contributed by atoms with van der Waals surface area (Å²) < 4.78 is 0. The molecule has 0 N–H and O–H groups in total. The first-order valence-electron chi connectivity index (χ1n) is 20.3. The predicted molar refractivity (Wildman–Crippen MR) is 250 cm³/mol. The largest absolute Gasteiger partial charge is 0.208 e. The minimum absolute atomic E-state index is 0.621. The van der Waals surface area contributed by atoms with Gasteiger partial charge in [-0.3, -0.25) is 0 Å². The lowest BCUT2D eigenvalue weighted by molar-refractivity contribution is 1.07. The van der Waals surface area contributed by atoms with Gasteiger partial charge in [-0.15, -0.1) is 0 Å². The lowest BCUT2D eigenvalue weighted by atomic mass is 9.91. The molecule has 0 aliphatic rings. The summed E-state index contributed by atoms with van der Waals surface area (Å²) in [5, 5.41) is 7.14. The second-order valence-electron chi connectivity index (χ2n) is 15.2. The fraction of sp³-hybridized carbons (Fsp3) is 0. The fourth-order valence-electron chi connectivity index (χ4n) is 8.60. The van der Waals surface area contributed by atoms with Crippen LogP contribution >= 0.6 is 0 Å². The highest BCUT2D eigenvalue weighted by Gasteiger charge is 2.17. The van der Waals surface area contributed by atoms with Gasteiger partial charge in [0.05, 0.1) is 0 Å². The maximum absolute atomic E-state index is 5.24. The van der Waals surface area contributed by atoms with Crippen LogP contribution in [0, 0.1) is 0 Å². The Morgan fingerprint density at radius 3 is 1.15 bits per heavy atom. The molecule has 280 valence electrons. The van der Waals surface area contributed by atoms with Gasteiger partial charge in [-0.1, -0.05) is 206 Å². The van der Waals surface area contributed by atoms with Gasteiger partial charge in [0.25, 0.3) is 0 Å². The Kier molecular flexibility index (Phi) is 8.83. The van der Waals surface area contributed by atoms with Crippen LogP contribution in [0.15, 0.2) is 224 Å². The fourth-order valence-corrected chi connectivity index (χ4v) is 8.60. The van der Waals surface area contributed by atoms with Crippen molar-refractivity contribution >= 4 is 32.3 Å². The van der Waals surface area contributed by atoms with E-state index in [4.69, 9.17) is 15.0 Å². The molecule has 0 amide bonds. The minimum atomic E-state index is 0.621. The monoisotopic (exact) mass is 763 g/mol. The molecular weight excluding hydrogens is 727 g/mol. The molecule has 0 fully saturated rings. The number of aromatic nitrogens is 3. The Bertz CT molecular complexity index is 3370. The molecule has 0 bridgehead atoms. The Hall–Kier alpha value is -8.01. The van der Waals surface area contributed by atoms with Crippen LogP contribution in [0.25, 0.3) is 111 Å². The molecule has 10 aromatic carbocycles. The van der Waals surface area contributed by atoms with E-state index in [0.717, 1.165) is 38.8 Å². The van der Waals surface area contributed by atoms with Crippen molar-refractivity contribution in [2.45, 2.75) is 0 Å². The molecule has 0 atom stereocenters. The Balaban J connectivity index is 1.07.